The van der Waals surface area contributed by atoms with Gasteiger partial charge < -0.3 is 15.2 Å². The van der Waals surface area contributed by atoms with Crippen LogP contribution in [0.5, 0.6) is 0 Å². The van der Waals surface area contributed by atoms with Crippen LogP contribution in [-0.4, -0.2) is 34.8 Å². The van der Waals surface area contributed by atoms with Crippen molar-refractivity contribution in [3.05, 3.63) is 107 Å². The average Bonchev–Trinajstić information content (AvgIpc) is 3.34. The standard InChI is InChI=1S/C26H23N3O2/c30-24(27-15-14-18-8-2-1-3-9-18)17-29-25(20-11-4-5-12-21(20)26(29)31)22-16-28-23-13-7-6-10-19(22)23/h1-13,16,25,28H,14-15,17H2,(H,27,30). The number of carbonyl (C=O) groups excluding carboxylic acids is 2. The van der Waals surface area contributed by atoms with Gasteiger partial charge in [-0.25, -0.2) is 0 Å². The molecule has 1 aliphatic heterocycles. The van der Waals surface area contributed by atoms with Gasteiger partial charge >= 0.3 is 0 Å². The summed E-state index contributed by atoms with van der Waals surface area (Å²) in [5, 5.41) is 4.03. The number of para-hydroxylation sites is 1. The third kappa shape index (κ3) is 3.59. The van der Waals surface area contributed by atoms with E-state index in [4.69, 9.17) is 0 Å². The summed E-state index contributed by atoms with van der Waals surface area (Å²) in [6.45, 7) is 0.558. The van der Waals surface area contributed by atoms with Crippen LogP contribution in [-0.2, 0) is 11.2 Å². The van der Waals surface area contributed by atoms with Crippen LogP contribution in [0.2, 0.25) is 0 Å². The topological polar surface area (TPSA) is 65.2 Å². The molecule has 5 heteroatoms. The number of hydrogen-bond acceptors (Lipinski definition) is 2. The van der Waals surface area contributed by atoms with Gasteiger partial charge in [0.25, 0.3) is 5.91 Å². The number of amides is 2. The molecule has 0 radical (unpaired) electrons. The van der Waals surface area contributed by atoms with Crippen molar-refractivity contribution < 1.29 is 9.59 Å². The first kappa shape index (κ1) is 19.1. The number of rotatable bonds is 6. The number of aromatic amines is 1. The Morgan fingerprint density at radius 1 is 0.903 bits per heavy atom. The molecule has 0 fully saturated rings. The quantitative estimate of drug-likeness (QED) is 0.504. The third-order valence-electron chi connectivity index (χ3n) is 5.87. The zero-order valence-electron chi connectivity index (χ0n) is 17.0. The molecule has 1 atom stereocenters. The number of benzene rings is 3. The van der Waals surface area contributed by atoms with Crippen LogP contribution in [0.3, 0.4) is 0 Å². The van der Waals surface area contributed by atoms with Gasteiger partial charge in [0, 0.05) is 34.8 Å². The maximum absolute atomic E-state index is 13.2. The van der Waals surface area contributed by atoms with Gasteiger partial charge in [-0.2, -0.15) is 0 Å². The van der Waals surface area contributed by atoms with E-state index in [1.807, 2.05) is 85.1 Å². The molecule has 0 saturated heterocycles. The summed E-state index contributed by atoms with van der Waals surface area (Å²) < 4.78 is 0. The highest BCUT2D eigenvalue weighted by molar-refractivity contribution is 6.02. The SMILES string of the molecule is O=C(CN1C(=O)c2ccccc2C1c1c[nH]c2ccccc12)NCCc1ccccc1. The van der Waals surface area contributed by atoms with E-state index in [2.05, 4.69) is 10.3 Å². The minimum Gasteiger partial charge on any atom is -0.361 e. The van der Waals surface area contributed by atoms with Gasteiger partial charge in [-0.15, -0.1) is 0 Å². The van der Waals surface area contributed by atoms with E-state index in [1.165, 1.54) is 5.56 Å². The lowest BCUT2D eigenvalue weighted by molar-refractivity contribution is -0.122. The molecule has 0 spiro atoms. The zero-order valence-corrected chi connectivity index (χ0v) is 17.0. The molecule has 0 bridgehead atoms. The fraction of sp³-hybridized carbons (Fsp3) is 0.154. The molecule has 3 aromatic carbocycles. The van der Waals surface area contributed by atoms with Gasteiger partial charge in [-0.1, -0.05) is 66.7 Å². The minimum atomic E-state index is -0.292. The third-order valence-corrected chi connectivity index (χ3v) is 5.87. The van der Waals surface area contributed by atoms with Crippen molar-refractivity contribution in [3.8, 4) is 0 Å². The molecular weight excluding hydrogens is 386 g/mol. The number of H-pyrrole nitrogens is 1. The van der Waals surface area contributed by atoms with Crippen molar-refractivity contribution in [2.75, 3.05) is 13.1 Å². The first-order valence-corrected chi connectivity index (χ1v) is 10.5. The van der Waals surface area contributed by atoms with E-state index in [9.17, 15) is 9.59 Å². The second-order valence-electron chi connectivity index (χ2n) is 7.80. The highest BCUT2D eigenvalue weighted by atomic mass is 16.2. The molecular formula is C26H23N3O2. The molecule has 0 saturated carbocycles. The Morgan fingerprint density at radius 2 is 1.65 bits per heavy atom. The van der Waals surface area contributed by atoms with Gasteiger partial charge in [0.15, 0.2) is 0 Å². The van der Waals surface area contributed by atoms with Crippen molar-refractivity contribution in [1.29, 1.82) is 0 Å². The minimum absolute atomic E-state index is 0.0203. The molecule has 1 aliphatic rings. The van der Waals surface area contributed by atoms with E-state index >= 15 is 0 Å². The largest absolute Gasteiger partial charge is 0.361 e. The molecule has 31 heavy (non-hydrogen) atoms. The van der Waals surface area contributed by atoms with Gasteiger partial charge in [0.2, 0.25) is 5.91 Å². The number of hydrogen-bond donors (Lipinski definition) is 2. The number of nitrogens with one attached hydrogen (secondary N) is 2. The van der Waals surface area contributed by atoms with Crippen LogP contribution in [0.15, 0.2) is 85.1 Å². The highest BCUT2D eigenvalue weighted by Gasteiger charge is 2.39. The number of aromatic nitrogens is 1. The van der Waals surface area contributed by atoms with Crippen LogP contribution in [0.1, 0.15) is 33.1 Å². The van der Waals surface area contributed by atoms with Crippen molar-refractivity contribution >= 4 is 22.7 Å². The Labute approximate surface area is 180 Å². The van der Waals surface area contributed by atoms with E-state index in [0.29, 0.717) is 12.1 Å². The second-order valence-corrected chi connectivity index (χ2v) is 7.80. The molecule has 0 aliphatic carbocycles. The molecule has 1 unspecified atom stereocenters. The van der Waals surface area contributed by atoms with Crippen LogP contribution >= 0.6 is 0 Å². The van der Waals surface area contributed by atoms with Crippen molar-refractivity contribution in [2.45, 2.75) is 12.5 Å². The maximum Gasteiger partial charge on any atom is 0.255 e. The summed E-state index contributed by atoms with van der Waals surface area (Å²) in [6, 6.07) is 25.4. The predicted molar refractivity (Wildman–Crippen MR) is 121 cm³/mol. The Kier molecular flexibility index (Phi) is 5.00. The fourth-order valence-electron chi connectivity index (χ4n) is 4.39. The first-order valence-electron chi connectivity index (χ1n) is 10.5. The zero-order chi connectivity index (χ0) is 21.2. The fourth-order valence-corrected chi connectivity index (χ4v) is 4.39. The summed E-state index contributed by atoms with van der Waals surface area (Å²) in [6.07, 6.45) is 2.71. The summed E-state index contributed by atoms with van der Waals surface area (Å²) in [7, 11) is 0. The van der Waals surface area contributed by atoms with Gasteiger partial charge in [0.1, 0.15) is 6.54 Å². The lowest BCUT2D eigenvalue weighted by atomic mass is 9.97. The van der Waals surface area contributed by atoms with Crippen molar-refractivity contribution in [3.63, 3.8) is 0 Å². The van der Waals surface area contributed by atoms with Gasteiger partial charge in [-0.05, 0) is 29.7 Å². The lowest BCUT2D eigenvalue weighted by Crippen LogP contribution is -2.40. The highest BCUT2D eigenvalue weighted by Crippen LogP contribution is 2.40. The van der Waals surface area contributed by atoms with E-state index in [-0.39, 0.29) is 24.4 Å². The van der Waals surface area contributed by atoms with E-state index in [1.54, 1.807) is 4.90 Å². The second kappa shape index (κ2) is 8.11. The summed E-state index contributed by atoms with van der Waals surface area (Å²) in [5.41, 5.74) is 4.79. The predicted octanol–water partition coefficient (Wildman–Crippen LogP) is 4.07. The molecule has 2 amide bonds. The molecule has 5 nitrogen and oxygen atoms in total. The molecule has 154 valence electrons. The van der Waals surface area contributed by atoms with Gasteiger partial charge in [-0.3, -0.25) is 9.59 Å². The maximum atomic E-state index is 13.2. The van der Waals surface area contributed by atoms with Crippen molar-refractivity contribution in [2.24, 2.45) is 0 Å². The van der Waals surface area contributed by atoms with E-state index in [0.717, 1.165) is 28.5 Å². The summed E-state index contributed by atoms with van der Waals surface area (Å²) in [5.74, 6) is -0.258. The molecule has 1 aromatic heterocycles. The van der Waals surface area contributed by atoms with Crippen molar-refractivity contribution in [1.82, 2.24) is 15.2 Å². The smallest absolute Gasteiger partial charge is 0.255 e. The van der Waals surface area contributed by atoms with Crippen LogP contribution in [0.4, 0.5) is 0 Å². The molecule has 5 rings (SSSR count). The van der Waals surface area contributed by atoms with E-state index < -0.39 is 0 Å². The Hall–Kier alpha value is -3.86. The number of fused-ring (bicyclic) bond motifs is 2. The average molecular weight is 409 g/mol. The summed E-state index contributed by atoms with van der Waals surface area (Å²) in [4.78, 5) is 30.9. The molecule has 4 aromatic rings. The Balaban J connectivity index is 1.39. The van der Waals surface area contributed by atoms with Crippen LogP contribution in [0, 0.1) is 0 Å². The Bertz CT molecular complexity index is 1250. The number of carbonyl (C=O) groups is 2. The van der Waals surface area contributed by atoms with Crippen LogP contribution in [0.25, 0.3) is 10.9 Å². The lowest BCUT2D eigenvalue weighted by Gasteiger charge is -2.25. The van der Waals surface area contributed by atoms with Gasteiger partial charge in [0.05, 0.1) is 6.04 Å². The normalized spacial score (nSPS) is 15.3. The monoisotopic (exact) mass is 409 g/mol. The van der Waals surface area contributed by atoms with Crippen LogP contribution < -0.4 is 5.32 Å². The Morgan fingerprint density at radius 3 is 2.52 bits per heavy atom. The molecule has 2 N–H and O–H groups in total. The summed E-state index contributed by atoms with van der Waals surface area (Å²) >= 11 is 0. The number of nitrogens with zero attached hydrogens (tertiary/aromatic N) is 1. The molecule has 2 heterocycles. The first-order chi connectivity index (χ1) is 15.2.